The summed E-state index contributed by atoms with van der Waals surface area (Å²) in [5.41, 5.74) is 6.21. The fraction of sp³-hybridized carbons (Fsp3) is 0.923. The van der Waals surface area contributed by atoms with Gasteiger partial charge in [-0.1, -0.05) is 12.8 Å². The predicted molar refractivity (Wildman–Crippen MR) is 68.6 cm³/mol. The van der Waals surface area contributed by atoms with Crippen LogP contribution in [-0.4, -0.2) is 42.0 Å². The first kappa shape index (κ1) is 12.8. The van der Waals surface area contributed by atoms with Gasteiger partial charge in [-0.05, 0) is 25.7 Å². The van der Waals surface area contributed by atoms with E-state index in [0.717, 1.165) is 25.9 Å². The number of amides is 1. The molecule has 17 heavy (non-hydrogen) atoms. The molecule has 1 aliphatic heterocycles. The van der Waals surface area contributed by atoms with Gasteiger partial charge in [0.25, 0.3) is 0 Å². The number of carbonyl (C=O) groups is 1. The van der Waals surface area contributed by atoms with Crippen molar-refractivity contribution in [3.8, 4) is 0 Å². The average Bonchev–Trinajstić information content (AvgIpc) is 2.30. The molecule has 2 rings (SSSR count). The van der Waals surface area contributed by atoms with Crippen LogP contribution in [0.4, 0.5) is 0 Å². The van der Waals surface area contributed by atoms with Crippen LogP contribution in [0.25, 0.3) is 0 Å². The van der Waals surface area contributed by atoms with Gasteiger partial charge in [-0.25, -0.2) is 0 Å². The standard InChI is InChI=1S/C13H25N3O/c1-10(17)15-11-6-8-16(9-7-11)13-5-3-2-4-12(13)14/h11-13H,2-9,14H2,1H3,(H,15,17). The zero-order valence-electron chi connectivity index (χ0n) is 10.8. The lowest BCUT2D eigenvalue weighted by molar-refractivity contribution is -0.120. The van der Waals surface area contributed by atoms with Gasteiger partial charge in [-0.3, -0.25) is 9.69 Å². The Morgan fingerprint density at radius 1 is 1.18 bits per heavy atom. The zero-order valence-corrected chi connectivity index (χ0v) is 10.8. The molecule has 2 unspecified atom stereocenters. The molecule has 0 aromatic carbocycles. The van der Waals surface area contributed by atoms with E-state index in [1.54, 1.807) is 6.92 Å². The molecule has 2 fully saturated rings. The lowest BCUT2D eigenvalue weighted by Crippen LogP contribution is -2.54. The van der Waals surface area contributed by atoms with E-state index in [-0.39, 0.29) is 5.91 Å². The minimum absolute atomic E-state index is 0.0952. The number of hydrogen-bond donors (Lipinski definition) is 2. The Kier molecular flexibility index (Phi) is 4.40. The van der Waals surface area contributed by atoms with Gasteiger partial charge in [0, 0.05) is 38.1 Å². The highest BCUT2D eigenvalue weighted by atomic mass is 16.1. The van der Waals surface area contributed by atoms with Crippen LogP contribution in [0.3, 0.4) is 0 Å². The second-order valence-electron chi connectivity index (χ2n) is 5.53. The molecule has 0 spiro atoms. The van der Waals surface area contributed by atoms with Crippen LogP contribution in [-0.2, 0) is 4.79 Å². The summed E-state index contributed by atoms with van der Waals surface area (Å²) in [4.78, 5) is 13.5. The normalized spacial score (nSPS) is 32.4. The Labute approximate surface area is 104 Å². The summed E-state index contributed by atoms with van der Waals surface area (Å²) in [6.45, 7) is 3.77. The number of nitrogens with two attached hydrogens (primary N) is 1. The summed E-state index contributed by atoms with van der Waals surface area (Å²) in [5, 5.41) is 3.02. The second kappa shape index (κ2) is 5.83. The van der Waals surface area contributed by atoms with Crippen LogP contribution in [0.2, 0.25) is 0 Å². The van der Waals surface area contributed by atoms with E-state index in [1.807, 2.05) is 0 Å². The molecule has 0 aromatic rings. The van der Waals surface area contributed by atoms with E-state index in [4.69, 9.17) is 5.73 Å². The van der Waals surface area contributed by atoms with Crippen LogP contribution in [0, 0.1) is 0 Å². The molecule has 1 saturated carbocycles. The van der Waals surface area contributed by atoms with Gasteiger partial charge in [0.15, 0.2) is 0 Å². The van der Waals surface area contributed by atoms with E-state index in [2.05, 4.69) is 10.2 Å². The Morgan fingerprint density at radius 2 is 1.82 bits per heavy atom. The maximum Gasteiger partial charge on any atom is 0.217 e. The summed E-state index contributed by atoms with van der Waals surface area (Å²) in [5.74, 6) is 0.0952. The summed E-state index contributed by atoms with van der Waals surface area (Å²) in [6.07, 6.45) is 7.19. The molecule has 1 aliphatic carbocycles. The van der Waals surface area contributed by atoms with Gasteiger partial charge in [0.2, 0.25) is 5.91 Å². The third kappa shape index (κ3) is 3.42. The molecule has 2 atom stereocenters. The first-order valence-corrected chi connectivity index (χ1v) is 6.93. The minimum Gasteiger partial charge on any atom is -0.354 e. The summed E-state index contributed by atoms with van der Waals surface area (Å²) in [7, 11) is 0. The molecular weight excluding hydrogens is 214 g/mol. The van der Waals surface area contributed by atoms with Crippen molar-refractivity contribution in [2.75, 3.05) is 13.1 Å². The Hall–Kier alpha value is -0.610. The third-order valence-electron chi connectivity index (χ3n) is 4.19. The van der Waals surface area contributed by atoms with Gasteiger partial charge in [0.05, 0.1) is 0 Å². The van der Waals surface area contributed by atoms with Crippen LogP contribution >= 0.6 is 0 Å². The molecule has 3 N–H and O–H groups in total. The number of piperidine rings is 1. The second-order valence-corrected chi connectivity index (χ2v) is 5.53. The maximum atomic E-state index is 11.0. The van der Waals surface area contributed by atoms with E-state index < -0.39 is 0 Å². The molecule has 4 nitrogen and oxygen atoms in total. The first-order valence-electron chi connectivity index (χ1n) is 6.93. The SMILES string of the molecule is CC(=O)NC1CCN(C2CCCCC2N)CC1. The number of hydrogen-bond acceptors (Lipinski definition) is 3. The number of likely N-dealkylation sites (tertiary alicyclic amines) is 1. The van der Waals surface area contributed by atoms with E-state index in [0.29, 0.717) is 18.1 Å². The van der Waals surface area contributed by atoms with Gasteiger partial charge in [0.1, 0.15) is 0 Å². The van der Waals surface area contributed by atoms with Crippen LogP contribution in [0.1, 0.15) is 45.4 Å². The Morgan fingerprint density at radius 3 is 2.41 bits per heavy atom. The molecule has 2 aliphatic rings. The van der Waals surface area contributed by atoms with Crippen molar-refractivity contribution in [2.24, 2.45) is 5.73 Å². The molecule has 1 amide bonds. The summed E-state index contributed by atoms with van der Waals surface area (Å²) in [6, 6.07) is 1.33. The number of nitrogens with zero attached hydrogens (tertiary/aromatic N) is 1. The van der Waals surface area contributed by atoms with Gasteiger partial charge in [-0.2, -0.15) is 0 Å². The molecule has 98 valence electrons. The van der Waals surface area contributed by atoms with Crippen molar-refractivity contribution in [1.82, 2.24) is 10.2 Å². The van der Waals surface area contributed by atoms with E-state index in [1.165, 1.54) is 25.7 Å². The fourth-order valence-corrected chi connectivity index (χ4v) is 3.26. The molecule has 1 heterocycles. The monoisotopic (exact) mass is 239 g/mol. The van der Waals surface area contributed by atoms with Crippen molar-refractivity contribution in [3.63, 3.8) is 0 Å². The first-order chi connectivity index (χ1) is 8.16. The number of carbonyl (C=O) groups excluding carboxylic acids is 1. The summed E-state index contributed by atoms with van der Waals surface area (Å²) < 4.78 is 0. The quantitative estimate of drug-likeness (QED) is 0.751. The van der Waals surface area contributed by atoms with Crippen LogP contribution < -0.4 is 11.1 Å². The Balaban J connectivity index is 1.79. The molecule has 0 aromatic heterocycles. The largest absolute Gasteiger partial charge is 0.354 e. The number of rotatable bonds is 2. The smallest absolute Gasteiger partial charge is 0.217 e. The van der Waals surface area contributed by atoms with E-state index >= 15 is 0 Å². The van der Waals surface area contributed by atoms with Crippen molar-refractivity contribution in [2.45, 2.75) is 63.6 Å². The highest BCUT2D eigenvalue weighted by Gasteiger charge is 2.30. The molecule has 0 bridgehead atoms. The Bertz CT molecular complexity index is 261. The molecule has 1 saturated heterocycles. The zero-order chi connectivity index (χ0) is 12.3. The molecular formula is C13H25N3O. The highest BCUT2D eigenvalue weighted by molar-refractivity contribution is 5.73. The van der Waals surface area contributed by atoms with Crippen molar-refractivity contribution in [1.29, 1.82) is 0 Å². The lowest BCUT2D eigenvalue weighted by atomic mass is 9.88. The van der Waals surface area contributed by atoms with Crippen LogP contribution in [0.5, 0.6) is 0 Å². The van der Waals surface area contributed by atoms with Gasteiger partial charge in [-0.15, -0.1) is 0 Å². The predicted octanol–water partition coefficient (Wildman–Crippen LogP) is 0.857. The molecule has 0 radical (unpaired) electrons. The van der Waals surface area contributed by atoms with Crippen molar-refractivity contribution >= 4 is 5.91 Å². The van der Waals surface area contributed by atoms with Crippen molar-refractivity contribution < 1.29 is 4.79 Å². The topological polar surface area (TPSA) is 58.4 Å². The fourth-order valence-electron chi connectivity index (χ4n) is 3.26. The summed E-state index contributed by atoms with van der Waals surface area (Å²) >= 11 is 0. The minimum atomic E-state index is 0.0952. The molecule has 4 heteroatoms. The van der Waals surface area contributed by atoms with Crippen LogP contribution in [0.15, 0.2) is 0 Å². The number of nitrogens with one attached hydrogen (secondary N) is 1. The lowest BCUT2D eigenvalue weighted by Gasteiger charge is -2.42. The third-order valence-corrected chi connectivity index (χ3v) is 4.19. The van der Waals surface area contributed by atoms with E-state index in [9.17, 15) is 4.79 Å². The van der Waals surface area contributed by atoms with Crippen molar-refractivity contribution in [3.05, 3.63) is 0 Å². The maximum absolute atomic E-state index is 11.0. The van der Waals surface area contributed by atoms with Gasteiger partial charge < -0.3 is 11.1 Å². The highest BCUT2D eigenvalue weighted by Crippen LogP contribution is 2.24. The van der Waals surface area contributed by atoms with Gasteiger partial charge >= 0.3 is 0 Å². The average molecular weight is 239 g/mol.